The number of likely N-dealkylation sites (tertiary alicyclic amines) is 1. The first-order valence-electron chi connectivity index (χ1n) is 9.22. The molecule has 3 rings (SSSR count). The lowest BCUT2D eigenvalue weighted by Gasteiger charge is -2.32. The fourth-order valence-electron chi connectivity index (χ4n) is 2.74. The maximum Gasteiger partial charge on any atom is 0.262 e. The third-order valence-corrected chi connectivity index (χ3v) is 3.93. The number of benzene rings is 1. The average Bonchev–Trinajstić information content (AvgIpc) is 2.78. The van der Waals surface area contributed by atoms with Crippen LogP contribution in [-0.2, 0) is 0 Å². The molecule has 1 fully saturated rings. The Kier molecular flexibility index (Phi) is 9.16. The Morgan fingerprint density at radius 2 is 1.62 bits per heavy atom. The van der Waals surface area contributed by atoms with Crippen LogP contribution in [0.4, 0.5) is 0 Å². The van der Waals surface area contributed by atoms with Gasteiger partial charge in [-0.1, -0.05) is 46.2 Å². The third-order valence-electron chi connectivity index (χ3n) is 3.93. The number of fused-ring (bicyclic) bond motifs is 1. The van der Waals surface area contributed by atoms with Gasteiger partial charge in [-0.05, 0) is 45.0 Å². The molecule has 134 valence electrons. The fraction of sp³-hybridized carbons (Fsp3) is 0.550. The van der Waals surface area contributed by atoms with E-state index in [4.69, 9.17) is 4.74 Å². The van der Waals surface area contributed by atoms with Crippen LogP contribution < -0.4 is 4.74 Å². The van der Waals surface area contributed by atoms with Gasteiger partial charge < -0.3 is 4.74 Å². The number of hydrogen-bond acceptors (Lipinski definition) is 3. The van der Waals surface area contributed by atoms with Gasteiger partial charge in [0, 0.05) is 0 Å². The van der Waals surface area contributed by atoms with Crippen molar-refractivity contribution in [1.82, 2.24) is 9.80 Å². The molecule has 1 aromatic carbocycles. The number of ether oxygens (including phenoxy) is 1. The maximum atomic E-state index is 12.7. The first-order valence-corrected chi connectivity index (χ1v) is 9.22. The molecule has 2 aliphatic heterocycles. The first-order chi connectivity index (χ1) is 11.8. The van der Waals surface area contributed by atoms with E-state index in [1.807, 2.05) is 63.8 Å². The summed E-state index contributed by atoms with van der Waals surface area (Å²) in [6.07, 6.45) is 5.41. The van der Waals surface area contributed by atoms with Crippen molar-refractivity contribution in [3.63, 3.8) is 0 Å². The number of para-hydroxylation sites is 1. The van der Waals surface area contributed by atoms with E-state index in [1.54, 1.807) is 6.26 Å². The van der Waals surface area contributed by atoms with E-state index in [9.17, 15) is 4.79 Å². The Morgan fingerprint density at radius 1 is 1.00 bits per heavy atom. The van der Waals surface area contributed by atoms with E-state index in [0.717, 1.165) is 18.8 Å². The van der Waals surface area contributed by atoms with Crippen LogP contribution in [0, 0.1) is 0 Å². The molecule has 0 unspecified atom stereocenters. The van der Waals surface area contributed by atoms with E-state index in [1.165, 1.54) is 19.3 Å². The SMILES string of the molecule is CC.CC.CC1=COc2ccccc2C(=O)N1CN1CCCCC1. The highest BCUT2D eigenvalue weighted by atomic mass is 16.5. The molecule has 0 spiro atoms. The predicted molar refractivity (Wildman–Crippen MR) is 100.0 cm³/mol. The lowest BCUT2D eigenvalue weighted by Crippen LogP contribution is -2.42. The zero-order valence-corrected chi connectivity index (χ0v) is 15.8. The highest BCUT2D eigenvalue weighted by molar-refractivity contribution is 5.98. The molecular formula is C20H32N2O2. The molecule has 0 aromatic heterocycles. The number of rotatable bonds is 2. The van der Waals surface area contributed by atoms with Crippen molar-refractivity contribution in [3.05, 3.63) is 41.8 Å². The molecule has 2 heterocycles. The number of carbonyl (C=O) groups excluding carboxylic acids is 1. The Hall–Kier alpha value is -1.81. The molecule has 24 heavy (non-hydrogen) atoms. The predicted octanol–water partition coefficient (Wildman–Crippen LogP) is 4.88. The quantitative estimate of drug-likeness (QED) is 0.774. The zero-order chi connectivity index (χ0) is 17.9. The standard InChI is InChI=1S/C16H20N2O2.2C2H6/c1-13-11-20-15-8-4-3-7-14(15)16(19)18(13)12-17-9-5-2-6-10-17;2*1-2/h3-4,7-8,11H,2,5-6,9-10,12H2,1H3;2*1-2H3. The lowest BCUT2D eigenvalue weighted by molar-refractivity contribution is 0.0679. The summed E-state index contributed by atoms with van der Waals surface area (Å²) >= 11 is 0. The molecular weight excluding hydrogens is 300 g/mol. The number of nitrogens with zero attached hydrogens (tertiary/aromatic N) is 2. The zero-order valence-electron chi connectivity index (χ0n) is 15.8. The normalized spacial score (nSPS) is 17.1. The Balaban J connectivity index is 0.000000671. The number of piperidine rings is 1. The third kappa shape index (κ3) is 5.10. The van der Waals surface area contributed by atoms with Gasteiger partial charge in [0.2, 0.25) is 0 Å². The van der Waals surface area contributed by atoms with Crippen LogP contribution in [0.2, 0.25) is 0 Å². The van der Waals surface area contributed by atoms with Crippen molar-refractivity contribution in [1.29, 1.82) is 0 Å². The molecule has 0 saturated carbocycles. The summed E-state index contributed by atoms with van der Waals surface area (Å²) in [7, 11) is 0. The van der Waals surface area contributed by atoms with E-state index in [-0.39, 0.29) is 5.91 Å². The van der Waals surface area contributed by atoms with Crippen molar-refractivity contribution < 1.29 is 9.53 Å². The van der Waals surface area contributed by atoms with Gasteiger partial charge >= 0.3 is 0 Å². The van der Waals surface area contributed by atoms with Gasteiger partial charge in [0.05, 0.1) is 17.9 Å². The minimum absolute atomic E-state index is 0.0254. The van der Waals surface area contributed by atoms with Crippen molar-refractivity contribution in [2.24, 2.45) is 0 Å². The van der Waals surface area contributed by atoms with Crippen molar-refractivity contribution in [2.45, 2.75) is 53.9 Å². The monoisotopic (exact) mass is 332 g/mol. The van der Waals surface area contributed by atoms with Gasteiger partial charge in [0.25, 0.3) is 5.91 Å². The molecule has 2 aliphatic rings. The minimum atomic E-state index is 0.0254. The average molecular weight is 332 g/mol. The van der Waals surface area contributed by atoms with Gasteiger partial charge in [0.1, 0.15) is 12.0 Å². The van der Waals surface area contributed by atoms with Crippen LogP contribution in [0.5, 0.6) is 5.75 Å². The second-order valence-corrected chi connectivity index (χ2v) is 5.43. The van der Waals surface area contributed by atoms with Crippen LogP contribution >= 0.6 is 0 Å². The molecule has 1 amide bonds. The van der Waals surface area contributed by atoms with Crippen molar-refractivity contribution in [3.8, 4) is 5.75 Å². The van der Waals surface area contributed by atoms with Crippen molar-refractivity contribution in [2.75, 3.05) is 19.8 Å². The van der Waals surface area contributed by atoms with Gasteiger partial charge in [0.15, 0.2) is 0 Å². The summed E-state index contributed by atoms with van der Waals surface area (Å²) in [5.74, 6) is 0.662. The summed E-state index contributed by atoms with van der Waals surface area (Å²) < 4.78 is 5.61. The number of hydrogen-bond donors (Lipinski definition) is 0. The number of amides is 1. The summed E-state index contributed by atoms with van der Waals surface area (Å²) in [4.78, 5) is 16.9. The van der Waals surface area contributed by atoms with Crippen LogP contribution in [0.15, 0.2) is 36.2 Å². The molecule has 0 atom stereocenters. The molecule has 0 aliphatic carbocycles. The number of allylic oxidation sites excluding steroid dienone is 1. The second kappa shape index (κ2) is 10.9. The Labute approximate surface area is 147 Å². The fourth-order valence-corrected chi connectivity index (χ4v) is 2.74. The van der Waals surface area contributed by atoms with E-state index >= 15 is 0 Å². The van der Waals surface area contributed by atoms with Gasteiger partial charge in [-0.15, -0.1) is 0 Å². The van der Waals surface area contributed by atoms with Crippen molar-refractivity contribution >= 4 is 5.91 Å². The second-order valence-electron chi connectivity index (χ2n) is 5.43. The molecule has 0 N–H and O–H groups in total. The number of carbonyl (C=O) groups is 1. The lowest BCUT2D eigenvalue weighted by atomic mass is 10.1. The molecule has 0 radical (unpaired) electrons. The Morgan fingerprint density at radius 3 is 2.29 bits per heavy atom. The first kappa shape index (κ1) is 20.2. The summed E-state index contributed by atoms with van der Waals surface area (Å²) in [6, 6.07) is 7.42. The van der Waals surface area contributed by atoms with Gasteiger partial charge in [-0.2, -0.15) is 0 Å². The van der Waals surface area contributed by atoms with Crippen LogP contribution in [0.1, 0.15) is 64.2 Å². The highest BCUT2D eigenvalue weighted by Crippen LogP contribution is 2.26. The van der Waals surface area contributed by atoms with Crippen LogP contribution in [0.3, 0.4) is 0 Å². The summed E-state index contributed by atoms with van der Waals surface area (Å²) in [5.41, 5.74) is 1.49. The molecule has 1 aromatic rings. The highest BCUT2D eigenvalue weighted by Gasteiger charge is 2.26. The molecule has 4 nitrogen and oxygen atoms in total. The molecule has 0 bridgehead atoms. The molecule has 1 saturated heterocycles. The maximum absolute atomic E-state index is 12.7. The van der Waals surface area contributed by atoms with Crippen LogP contribution in [-0.4, -0.2) is 35.5 Å². The van der Waals surface area contributed by atoms with E-state index < -0.39 is 0 Å². The topological polar surface area (TPSA) is 32.8 Å². The Bertz CT molecular complexity index is 534. The van der Waals surface area contributed by atoms with Gasteiger partial charge in [-0.3, -0.25) is 14.6 Å². The minimum Gasteiger partial charge on any atom is -0.462 e. The van der Waals surface area contributed by atoms with E-state index in [0.29, 0.717) is 18.0 Å². The van der Waals surface area contributed by atoms with Crippen LogP contribution in [0.25, 0.3) is 0 Å². The summed E-state index contributed by atoms with van der Waals surface area (Å²) in [5, 5.41) is 0. The van der Waals surface area contributed by atoms with Gasteiger partial charge in [-0.25, -0.2) is 0 Å². The summed E-state index contributed by atoms with van der Waals surface area (Å²) in [6.45, 7) is 12.7. The largest absolute Gasteiger partial charge is 0.462 e. The smallest absolute Gasteiger partial charge is 0.262 e. The van der Waals surface area contributed by atoms with E-state index in [2.05, 4.69) is 4.90 Å². The molecule has 4 heteroatoms.